The fourth-order valence-electron chi connectivity index (χ4n) is 1.66. The lowest BCUT2D eigenvalue weighted by molar-refractivity contribution is 0.0827. The lowest BCUT2D eigenvalue weighted by Gasteiger charge is -2.36. The Morgan fingerprint density at radius 2 is 1.89 bits per heavy atom. The van der Waals surface area contributed by atoms with Gasteiger partial charge in [-0.15, -0.1) is 0 Å². The highest BCUT2D eigenvalue weighted by Gasteiger charge is 2.25. The fourth-order valence-corrected chi connectivity index (χ4v) is 1.66. The molecule has 0 saturated heterocycles. The van der Waals surface area contributed by atoms with E-state index in [1.165, 1.54) is 4.90 Å². The van der Waals surface area contributed by atoms with Gasteiger partial charge in [0.05, 0.1) is 23.5 Å². The predicted octanol–water partition coefficient (Wildman–Crippen LogP) is 1.18. The maximum absolute atomic E-state index is 12.0. The molecule has 0 heterocycles. The van der Waals surface area contributed by atoms with E-state index in [1.54, 1.807) is 32.3 Å². The molecular weight excluding hydrogens is 242 g/mol. The summed E-state index contributed by atoms with van der Waals surface area (Å²) in [7, 11) is 5.27. The second-order valence-electron chi connectivity index (χ2n) is 5.50. The van der Waals surface area contributed by atoms with Gasteiger partial charge in [-0.1, -0.05) is 0 Å². The summed E-state index contributed by atoms with van der Waals surface area (Å²) in [5.41, 5.74) is 7.42. The van der Waals surface area contributed by atoms with Gasteiger partial charge in [-0.25, -0.2) is 0 Å². The van der Waals surface area contributed by atoms with Crippen LogP contribution in [0.15, 0.2) is 18.2 Å². The summed E-state index contributed by atoms with van der Waals surface area (Å²) < 4.78 is 0. The summed E-state index contributed by atoms with van der Waals surface area (Å²) in [6.45, 7) is 3.81. The molecule has 106 valence electrons. The van der Waals surface area contributed by atoms with E-state index in [4.69, 9.17) is 5.73 Å². The third kappa shape index (κ3) is 3.17. The molecule has 1 aromatic carbocycles. The average molecular weight is 265 g/mol. The molecule has 0 spiro atoms. The monoisotopic (exact) mass is 265 g/mol. The number of carbonyl (C=O) groups excluding carboxylic acids is 1. The first-order valence-electron chi connectivity index (χ1n) is 6.16. The predicted molar refractivity (Wildman–Crippen MR) is 78.4 cm³/mol. The molecule has 0 aliphatic carbocycles. The molecule has 19 heavy (non-hydrogen) atoms. The van der Waals surface area contributed by atoms with Gasteiger partial charge in [0.1, 0.15) is 0 Å². The first-order chi connectivity index (χ1) is 8.70. The van der Waals surface area contributed by atoms with E-state index in [-0.39, 0.29) is 12.5 Å². The summed E-state index contributed by atoms with van der Waals surface area (Å²) in [5.74, 6) is -0.0727. The first kappa shape index (κ1) is 15.3. The highest BCUT2D eigenvalue weighted by atomic mass is 16.3. The Hall–Kier alpha value is -1.75. The molecule has 3 N–H and O–H groups in total. The van der Waals surface area contributed by atoms with Crippen LogP contribution in [-0.2, 0) is 0 Å². The smallest absolute Gasteiger partial charge is 0.253 e. The number of rotatable bonds is 4. The molecule has 0 saturated carbocycles. The fraction of sp³-hybridized carbons (Fsp3) is 0.500. The molecule has 0 radical (unpaired) electrons. The molecule has 0 fully saturated rings. The van der Waals surface area contributed by atoms with E-state index >= 15 is 0 Å². The van der Waals surface area contributed by atoms with Crippen LogP contribution in [0.5, 0.6) is 0 Å². The number of hydrogen-bond acceptors (Lipinski definition) is 4. The van der Waals surface area contributed by atoms with Gasteiger partial charge in [-0.05, 0) is 32.0 Å². The van der Waals surface area contributed by atoms with Crippen LogP contribution in [0.1, 0.15) is 24.2 Å². The number of anilines is 2. The van der Waals surface area contributed by atoms with E-state index in [0.717, 1.165) is 5.69 Å². The molecule has 5 heteroatoms. The summed E-state index contributed by atoms with van der Waals surface area (Å²) in [4.78, 5) is 15.4. The Morgan fingerprint density at radius 1 is 1.32 bits per heavy atom. The number of likely N-dealkylation sites (N-methyl/N-ethyl adjacent to an activating group) is 1. The summed E-state index contributed by atoms with van der Waals surface area (Å²) >= 11 is 0. The Kier molecular flexibility index (Phi) is 4.42. The second kappa shape index (κ2) is 5.48. The molecule has 1 aromatic rings. The SMILES string of the molecule is CN(C)C(=O)c1ccc(N)c(N(C)C(C)(C)CO)c1. The molecule has 0 unspecified atom stereocenters. The van der Waals surface area contributed by atoms with E-state index in [2.05, 4.69) is 0 Å². The van der Waals surface area contributed by atoms with Crippen LogP contribution < -0.4 is 10.6 Å². The van der Waals surface area contributed by atoms with Crippen molar-refractivity contribution < 1.29 is 9.90 Å². The third-order valence-corrected chi connectivity index (χ3v) is 3.34. The zero-order valence-electron chi connectivity index (χ0n) is 12.3. The van der Waals surface area contributed by atoms with Crippen LogP contribution >= 0.6 is 0 Å². The van der Waals surface area contributed by atoms with Crippen LogP contribution in [-0.4, -0.2) is 49.2 Å². The number of aliphatic hydroxyl groups excluding tert-OH is 1. The average Bonchev–Trinajstić information content (AvgIpc) is 2.37. The van der Waals surface area contributed by atoms with Gasteiger partial charge in [0.25, 0.3) is 5.91 Å². The molecule has 0 aliphatic heterocycles. The van der Waals surface area contributed by atoms with E-state index in [1.807, 2.05) is 25.8 Å². The second-order valence-corrected chi connectivity index (χ2v) is 5.50. The molecule has 0 aromatic heterocycles. The van der Waals surface area contributed by atoms with Crippen molar-refractivity contribution in [3.63, 3.8) is 0 Å². The summed E-state index contributed by atoms with van der Waals surface area (Å²) in [6, 6.07) is 5.19. The number of benzene rings is 1. The maximum Gasteiger partial charge on any atom is 0.253 e. The lowest BCUT2D eigenvalue weighted by Crippen LogP contribution is -2.44. The van der Waals surface area contributed by atoms with Crippen LogP contribution in [0.2, 0.25) is 0 Å². The molecule has 0 bridgehead atoms. The van der Waals surface area contributed by atoms with E-state index < -0.39 is 5.54 Å². The topological polar surface area (TPSA) is 69.8 Å². The zero-order valence-corrected chi connectivity index (χ0v) is 12.3. The van der Waals surface area contributed by atoms with Crippen molar-refractivity contribution in [3.8, 4) is 0 Å². The Morgan fingerprint density at radius 3 is 2.37 bits per heavy atom. The molecular formula is C14H23N3O2. The number of amides is 1. The number of hydrogen-bond donors (Lipinski definition) is 2. The van der Waals surface area contributed by atoms with Gasteiger partial charge in [0.15, 0.2) is 0 Å². The third-order valence-electron chi connectivity index (χ3n) is 3.34. The van der Waals surface area contributed by atoms with Crippen molar-refractivity contribution in [2.75, 3.05) is 38.4 Å². The molecule has 1 amide bonds. The Labute approximate surface area is 114 Å². The van der Waals surface area contributed by atoms with E-state index in [9.17, 15) is 9.90 Å². The normalized spacial score (nSPS) is 11.3. The Balaban J connectivity index is 3.21. The largest absolute Gasteiger partial charge is 0.397 e. The maximum atomic E-state index is 12.0. The van der Waals surface area contributed by atoms with Crippen molar-refractivity contribution in [2.45, 2.75) is 19.4 Å². The standard InChI is InChI=1S/C14H23N3O2/c1-14(2,9-18)17(5)12-8-10(6-7-11(12)15)13(19)16(3)4/h6-8,18H,9,15H2,1-5H3. The lowest BCUT2D eigenvalue weighted by atomic mass is 10.0. The Bertz CT molecular complexity index is 470. The quantitative estimate of drug-likeness (QED) is 0.802. The minimum Gasteiger partial charge on any atom is -0.397 e. The number of nitrogen functional groups attached to an aromatic ring is 1. The first-order valence-corrected chi connectivity index (χ1v) is 6.16. The van der Waals surface area contributed by atoms with Crippen LogP contribution in [0.25, 0.3) is 0 Å². The number of carbonyl (C=O) groups is 1. The van der Waals surface area contributed by atoms with Crippen molar-refractivity contribution in [1.29, 1.82) is 0 Å². The van der Waals surface area contributed by atoms with Gasteiger partial charge in [-0.2, -0.15) is 0 Å². The van der Waals surface area contributed by atoms with E-state index in [0.29, 0.717) is 11.3 Å². The van der Waals surface area contributed by atoms with Crippen LogP contribution in [0.3, 0.4) is 0 Å². The summed E-state index contributed by atoms with van der Waals surface area (Å²) in [6.07, 6.45) is 0. The van der Waals surface area contributed by atoms with Gasteiger partial charge in [-0.3, -0.25) is 4.79 Å². The van der Waals surface area contributed by atoms with Gasteiger partial charge in [0.2, 0.25) is 0 Å². The molecule has 0 atom stereocenters. The van der Waals surface area contributed by atoms with Crippen molar-refractivity contribution in [1.82, 2.24) is 4.90 Å². The number of aliphatic hydroxyl groups is 1. The number of nitrogens with zero attached hydrogens (tertiary/aromatic N) is 2. The van der Waals surface area contributed by atoms with Crippen molar-refractivity contribution >= 4 is 17.3 Å². The van der Waals surface area contributed by atoms with Crippen molar-refractivity contribution in [3.05, 3.63) is 23.8 Å². The van der Waals surface area contributed by atoms with Gasteiger partial charge in [0, 0.05) is 26.7 Å². The van der Waals surface area contributed by atoms with Gasteiger partial charge >= 0.3 is 0 Å². The molecule has 0 aliphatic rings. The zero-order chi connectivity index (χ0) is 14.8. The highest BCUT2D eigenvalue weighted by molar-refractivity contribution is 5.96. The summed E-state index contributed by atoms with van der Waals surface area (Å²) in [5, 5.41) is 9.43. The van der Waals surface area contributed by atoms with Crippen LogP contribution in [0, 0.1) is 0 Å². The van der Waals surface area contributed by atoms with Crippen molar-refractivity contribution in [2.24, 2.45) is 0 Å². The highest BCUT2D eigenvalue weighted by Crippen LogP contribution is 2.29. The van der Waals surface area contributed by atoms with Crippen LogP contribution in [0.4, 0.5) is 11.4 Å². The minimum absolute atomic E-state index is 0.00516. The minimum atomic E-state index is -0.450. The number of nitrogens with two attached hydrogens (primary N) is 1. The van der Waals surface area contributed by atoms with Gasteiger partial charge < -0.3 is 20.6 Å². The molecule has 1 rings (SSSR count). The molecule has 5 nitrogen and oxygen atoms in total.